The minimum Gasteiger partial charge on any atom is -0.393 e. The van der Waals surface area contributed by atoms with E-state index in [9.17, 15) is 13.5 Å². The molecule has 4 nitrogen and oxygen atoms in total. The summed E-state index contributed by atoms with van der Waals surface area (Å²) in [5, 5.41) is 9.90. The number of benzene rings is 1. The summed E-state index contributed by atoms with van der Waals surface area (Å²) in [4.78, 5) is 0. The number of hydrogen-bond donors (Lipinski definition) is 1. The Hall–Kier alpha value is -0.330. The highest BCUT2D eigenvalue weighted by Crippen LogP contribution is 2.24. The topological polar surface area (TPSA) is 57.6 Å². The molecule has 0 bridgehead atoms. The van der Waals surface area contributed by atoms with Gasteiger partial charge in [-0.1, -0.05) is 29.3 Å². The SMILES string of the molecule is C[C@H](O)CCN(C)S(=O)(=O)Cc1ccc(Cl)c(Cl)c1. The van der Waals surface area contributed by atoms with E-state index in [0.717, 1.165) is 0 Å². The predicted octanol–water partition coefficient (Wildman–Crippen LogP) is 2.53. The molecule has 0 spiro atoms. The van der Waals surface area contributed by atoms with Crippen molar-refractivity contribution in [1.82, 2.24) is 4.31 Å². The second-order valence-electron chi connectivity index (χ2n) is 4.46. The molecule has 0 unspecified atom stereocenters. The summed E-state index contributed by atoms with van der Waals surface area (Å²) < 4.78 is 25.4. The molecule has 0 saturated carbocycles. The van der Waals surface area contributed by atoms with Crippen molar-refractivity contribution in [2.75, 3.05) is 13.6 Å². The van der Waals surface area contributed by atoms with E-state index in [4.69, 9.17) is 23.2 Å². The first kappa shape index (κ1) is 16.7. The van der Waals surface area contributed by atoms with Gasteiger partial charge in [-0.2, -0.15) is 0 Å². The third-order valence-corrected chi connectivity index (χ3v) is 5.24. The van der Waals surface area contributed by atoms with Gasteiger partial charge in [-0.25, -0.2) is 12.7 Å². The third-order valence-electron chi connectivity index (χ3n) is 2.67. The fourth-order valence-electron chi connectivity index (χ4n) is 1.46. The Labute approximate surface area is 124 Å². The zero-order valence-electron chi connectivity index (χ0n) is 10.8. The fraction of sp³-hybridized carbons (Fsp3) is 0.500. The Kier molecular flexibility index (Phi) is 6.08. The first-order valence-corrected chi connectivity index (χ1v) is 8.15. The Morgan fingerprint density at radius 1 is 1.32 bits per heavy atom. The van der Waals surface area contributed by atoms with Gasteiger partial charge in [0.05, 0.1) is 21.9 Å². The highest BCUT2D eigenvalue weighted by Gasteiger charge is 2.19. The van der Waals surface area contributed by atoms with Crippen molar-refractivity contribution < 1.29 is 13.5 Å². The van der Waals surface area contributed by atoms with Crippen molar-refractivity contribution in [2.45, 2.75) is 25.2 Å². The lowest BCUT2D eigenvalue weighted by molar-refractivity contribution is 0.177. The minimum absolute atomic E-state index is 0.139. The normalized spacial score (nSPS) is 13.8. The molecule has 0 amide bonds. The van der Waals surface area contributed by atoms with E-state index in [-0.39, 0.29) is 12.3 Å². The number of nitrogens with zero attached hydrogens (tertiary/aromatic N) is 1. The average molecular weight is 326 g/mol. The first-order chi connectivity index (χ1) is 8.72. The molecule has 19 heavy (non-hydrogen) atoms. The van der Waals surface area contributed by atoms with Gasteiger partial charge in [0.1, 0.15) is 0 Å². The zero-order valence-corrected chi connectivity index (χ0v) is 13.1. The van der Waals surface area contributed by atoms with Crippen molar-refractivity contribution in [2.24, 2.45) is 0 Å². The second-order valence-corrected chi connectivity index (χ2v) is 7.35. The van der Waals surface area contributed by atoms with Crippen LogP contribution < -0.4 is 0 Å². The number of sulfonamides is 1. The van der Waals surface area contributed by atoms with Crippen LogP contribution >= 0.6 is 23.2 Å². The quantitative estimate of drug-likeness (QED) is 0.874. The molecule has 0 radical (unpaired) electrons. The van der Waals surface area contributed by atoms with Crippen molar-refractivity contribution >= 4 is 33.2 Å². The van der Waals surface area contributed by atoms with Crippen molar-refractivity contribution in [3.05, 3.63) is 33.8 Å². The van der Waals surface area contributed by atoms with Crippen LogP contribution in [0.5, 0.6) is 0 Å². The number of hydrogen-bond acceptors (Lipinski definition) is 3. The molecule has 0 saturated heterocycles. The van der Waals surface area contributed by atoms with Gasteiger partial charge in [-0.3, -0.25) is 0 Å². The zero-order chi connectivity index (χ0) is 14.6. The summed E-state index contributed by atoms with van der Waals surface area (Å²) in [7, 11) is -1.92. The lowest BCUT2D eigenvalue weighted by Gasteiger charge is -2.18. The Bertz CT molecular complexity index is 532. The molecule has 7 heteroatoms. The van der Waals surface area contributed by atoms with Crippen LogP contribution in [0.1, 0.15) is 18.9 Å². The van der Waals surface area contributed by atoms with Crippen LogP contribution in [-0.2, 0) is 15.8 Å². The van der Waals surface area contributed by atoms with Crippen molar-refractivity contribution in [3.63, 3.8) is 0 Å². The number of rotatable bonds is 6. The Morgan fingerprint density at radius 2 is 1.95 bits per heavy atom. The molecule has 108 valence electrons. The third kappa shape index (κ3) is 5.28. The monoisotopic (exact) mass is 325 g/mol. The largest absolute Gasteiger partial charge is 0.393 e. The summed E-state index contributed by atoms with van der Waals surface area (Å²) >= 11 is 11.6. The fourth-order valence-corrected chi connectivity index (χ4v) is 2.98. The summed E-state index contributed by atoms with van der Waals surface area (Å²) in [6, 6.07) is 4.75. The summed E-state index contributed by atoms with van der Waals surface area (Å²) in [6.07, 6.45) is -0.125. The first-order valence-electron chi connectivity index (χ1n) is 5.78. The van der Waals surface area contributed by atoms with Crippen LogP contribution in [0.15, 0.2) is 18.2 Å². The Morgan fingerprint density at radius 3 is 2.47 bits per heavy atom. The lowest BCUT2D eigenvalue weighted by atomic mass is 10.2. The standard InChI is InChI=1S/C12H17Cl2NO3S/c1-9(16)5-6-15(2)19(17,18)8-10-3-4-11(13)12(14)7-10/h3-4,7,9,16H,5-6,8H2,1-2H3/t9-/m0/s1. The Balaban J connectivity index is 2.75. The molecular formula is C12H17Cl2NO3S. The van der Waals surface area contributed by atoms with E-state index < -0.39 is 16.1 Å². The maximum atomic E-state index is 12.1. The van der Waals surface area contributed by atoms with Crippen LogP contribution in [0.25, 0.3) is 0 Å². The highest BCUT2D eigenvalue weighted by atomic mass is 35.5. The molecule has 1 atom stereocenters. The molecule has 0 aliphatic carbocycles. The van der Waals surface area contributed by atoms with Gasteiger partial charge in [0, 0.05) is 13.6 Å². The summed E-state index contributed by atoms with van der Waals surface area (Å²) in [6.45, 7) is 1.90. The molecular weight excluding hydrogens is 309 g/mol. The second kappa shape index (κ2) is 6.90. The van der Waals surface area contributed by atoms with Gasteiger partial charge in [0.25, 0.3) is 0 Å². The number of aliphatic hydroxyl groups excluding tert-OH is 1. The number of halogens is 2. The molecule has 1 rings (SSSR count). The smallest absolute Gasteiger partial charge is 0.218 e. The van der Waals surface area contributed by atoms with Gasteiger partial charge in [-0.15, -0.1) is 0 Å². The molecule has 0 aromatic heterocycles. The van der Waals surface area contributed by atoms with Crippen LogP contribution in [0.2, 0.25) is 10.0 Å². The van der Waals surface area contributed by atoms with Crippen molar-refractivity contribution in [3.8, 4) is 0 Å². The average Bonchev–Trinajstić information content (AvgIpc) is 2.30. The van der Waals surface area contributed by atoms with Crippen LogP contribution in [0.3, 0.4) is 0 Å². The molecule has 0 heterocycles. The van der Waals surface area contributed by atoms with Gasteiger partial charge >= 0.3 is 0 Å². The maximum Gasteiger partial charge on any atom is 0.218 e. The highest BCUT2D eigenvalue weighted by molar-refractivity contribution is 7.88. The predicted molar refractivity (Wildman–Crippen MR) is 78.0 cm³/mol. The van der Waals surface area contributed by atoms with E-state index in [1.807, 2.05) is 0 Å². The summed E-state index contributed by atoms with van der Waals surface area (Å²) in [5.41, 5.74) is 0.582. The molecule has 1 N–H and O–H groups in total. The van der Waals surface area contributed by atoms with E-state index >= 15 is 0 Å². The van der Waals surface area contributed by atoms with Crippen LogP contribution in [0.4, 0.5) is 0 Å². The number of aliphatic hydroxyl groups is 1. The van der Waals surface area contributed by atoms with Crippen LogP contribution in [-0.4, -0.2) is 37.5 Å². The van der Waals surface area contributed by atoms with Crippen molar-refractivity contribution in [1.29, 1.82) is 0 Å². The van der Waals surface area contributed by atoms with Crippen LogP contribution in [0, 0.1) is 0 Å². The molecule has 0 aliphatic heterocycles. The molecule has 0 fully saturated rings. The maximum absolute atomic E-state index is 12.1. The van der Waals surface area contributed by atoms with Gasteiger partial charge in [-0.05, 0) is 31.0 Å². The van der Waals surface area contributed by atoms with Gasteiger partial charge < -0.3 is 5.11 Å². The molecule has 0 aliphatic rings. The van der Waals surface area contributed by atoms with E-state index in [0.29, 0.717) is 22.0 Å². The minimum atomic E-state index is -3.42. The lowest BCUT2D eigenvalue weighted by Crippen LogP contribution is -2.30. The van der Waals surface area contributed by atoms with Gasteiger partial charge in [0.15, 0.2) is 0 Å². The van der Waals surface area contributed by atoms with E-state index in [1.54, 1.807) is 25.1 Å². The molecule has 1 aromatic rings. The van der Waals surface area contributed by atoms with Gasteiger partial charge in [0.2, 0.25) is 10.0 Å². The summed E-state index contributed by atoms with van der Waals surface area (Å²) in [5.74, 6) is -0.139. The molecule has 1 aromatic carbocycles. The van der Waals surface area contributed by atoms with E-state index in [2.05, 4.69) is 0 Å². The van der Waals surface area contributed by atoms with E-state index in [1.165, 1.54) is 11.4 Å².